The minimum Gasteiger partial charge on any atom is -0.313 e. The molecule has 0 saturated carbocycles. The Morgan fingerprint density at radius 1 is 1.11 bits per heavy atom. The van der Waals surface area contributed by atoms with E-state index in [1.165, 1.54) is 34.7 Å². The van der Waals surface area contributed by atoms with Crippen molar-refractivity contribution >= 4 is 10.8 Å². The Labute approximate surface area is 117 Å². The van der Waals surface area contributed by atoms with Crippen LogP contribution in [0.4, 0.5) is 0 Å². The standard InChI is InChI=1S/C18H25N/c1-5-13(2)12-17(19-4)18-14(3)10-11-15-8-6-7-9-16(15)18/h6-11,13,17,19H,5,12H2,1-4H3. The van der Waals surface area contributed by atoms with Crippen molar-refractivity contribution in [2.45, 2.75) is 39.7 Å². The molecular formula is C18H25N. The molecule has 0 aliphatic heterocycles. The van der Waals surface area contributed by atoms with Crippen LogP contribution in [0.1, 0.15) is 43.9 Å². The molecule has 0 saturated heterocycles. The highest BCUT2D eigenvalue weighted by molar-refractivity contribution is 5.87. The van der Waals surface area contributed by atoms with E-state index in [4.69, 9.17) is 0 Å². The number of aryl methyl sites for hydroxylation is 1. The van der Waals surface area contributed by atoms with Gasteiger partial charge in [-0.15, -0.1) is 0 Å². The number of hydrogen-bond acceptors (Lipinski definition) is 1. The van der Waals surface area contributed by atoms with Crippen LogP contribution in [0, 0.1) is 12.8 Å². The van der Waals surface area contributed by atoms with E-state index in [2.05, 4.69) is 69.5 Å². The van der Waals surface area contributed by atoms with Gasteiger partial charge in [0.25, 0.3) is 0 Å². The van der Waals surface area contributed by atoms with E-state index in [-0.39, 0.29) is 0 Å². The Bertz CT molecular complexity index is 544. The van der Waals surface area contributed by atoms with Crippen molar-refractivity contribution in [1.82, 2.24) is 5.32 Å². The van der Waals surface area contributed by atoms with E-state index in [9.17, 15) is 0 Å². The number of hydrogen-bond donors (Lipinski definition) is 1. The minimum atomic E-state index is 0.445. The number of nitrogens with one attached hydrogen (secondary N) is 1. The molecule has 0 aliphatic carbocycles. The summed E-state index contributed by atoms with van der Waals surface area (Å²) in [5, 5.41) is 6.25. The normalized spacial score (nSPS) is 14.5. The van der Waals surface area contributed by atoms with E-state index >= 15 is 0 Å². The highest BCUT2D eigenvalue weighted by atomic mass is 14.9. The molecule has 102 valence electrons. The first-order valence-corrected chi connectivity index (χ1v) is 7.32. The molecule has 0 fully saturated rings. The smallest absolute Gasteiger partial charge is 0.0328 e. The van der Waals surface area contributed by atoms with E-state index < -0.39 is 0 Å². The van der Waals surface area contributed by atoms with Gasteiger partial charge in [-0.2, -0.15) is 0 Å². The first-order valence-electron chi connectivity index (χ1n) is 7.32. The fourth-order valence-corrected chi connectivity index (χ4v) is 2.82. The molecule has 0 spiro atoms. The van der Waals surface area contributed by atoms with Gasteiger partial charge in [-0.05, 0) is 48.2 Å². The van der Waals surface area contributed by atoms with E-state index in [1.807, 2.05) is 0 Å². The quantitative estimate of drug-likeness (QED) is 0.805. The van der Waals surface area contributed by atoms with Crippen molar-refractivity contribution in [3.8, 4) is 0 Å². The molecule has 1 N–H and O–H groups in total. The molecule has 0 amide bonds. The minimum absolute atomic E-state index is 0.445. The van der Waals surface area contributed by atoms with Crippen LogP contribution in [0.2, 0.25) is 0 Å². The van der Waals surface area contributed by atoms with Gasteiger partial charge in [0.05, 0.1) is 0 Å². The Kier molecular flexibility index (Phi) is 4.60. The average molecular weight is 255 g/mol. The summed E-state index contributed by atoms with van der Waals surface area (Å²) in [6.45, 7) is 6.83. The summed E-state index contributed by atoms with van der Waals surface area (Å²) in [5.74, 6) is 0.746. The zero-order valence-electron chi connectivity index (χ0n) is 12.5. The number of rotatable bonds is 5. The second kappa shape index (κ2) is 6.21. The monoisotopic (exact) mass is 255 g/mol. The molecule has 1 nitrogen and oxygen atoms in total. The third-order valence-electron chi connectivity index (χ3n) is 4.22. The Hall–Kier alpha value is -1.34. The molecule has 1 heteroatoms. The van der Waals surface area contributed by atoms with E-state index in [0.717, 1.165) is 5.92 Å². The zero-order chi connectivity index (χ0) is 13.8. The fourth-order valence-electron chi connectivity index (χ4n) is 2.82. The second-order valence-corrected chi connectivity index (χ2v) is 5.61. The summed E-state index contributed by atoms with van der Waals surface area (Å²) >= 11 is 0. The first kappa shape index (κ1) is 14.1. The second-order valence-electron chi connectivity index (χ2n) is 5.61. The maximum absolute atomic E-state index is 3.52. The van der Waals surface area contributed by atoms with Crippen LogP contribution >= 0.6 is 0 Å². The lowest BCUT2D eigenvalue weighted by molar-refractivity contribution is 0.422. The SMILES string of the molecule is CCC(C)CC(NC)c1c(C)ccc2ccccc12. The van der Waals surface area contributed by atoms with Gasteiger partial charge in [-0.3, -0.25) is 0 Å². The molecule has 0 heterocycles. The van der Waals surface area contributed by atoms with Crippen LogP contribution in [-0.4, -0.2) is 7.05 Å². The van der Waals surface area contributed by atoms with Crippen LogP contribution in [0.25, 0.3) is 10.8 Å². The van der Waals surface area contributed by atoms with E-state index in [1.54, 1.807) is 0 Å². The molecule has 2 rings (SSSR count). The molecule has 0 radical (unpaired) electrons. The van der Waals surface area contributed by atoms with Crippen molar-refractivity contribution in [2.75, 3.05) is 7.05 Å². The lowest BCUT2D eigenvalue weighted by Gasteiger charge is -2.23. The topological polar surface area (TPSA) is 12.0 Å². The lowest BCUT2D eigenvalue weighted by Crippen LogP contribution is -2.20. The molecule has 19 heavy (non-hydrogen) atoms. The highest BCUT2D eigenvalue weighted by Crippen LogP contribution is 2.31. The third kappa shape index (κ3) is 2.98. The summed E-state index contributed by atoms with van der Waals surface area (Å²) < 4.78 is 0. The maximum Gasteiger partial charge on any atom is 0.0328 e. The third-order valence-corrected chi connectivity index (χ3v) is 4.22. The molecule has 0 bridgehead atoms. The van der Waals surface area contributed by atoms with Gasteiger partial charge < -0.3 is 5.32 Å². The Morgan fingerprint density at radius 3 is 2.53 bits per heavy atom. The van der Waals surface area contributed by atoms with Crippen LogP contribution in [0.3, 0.4) is 0 Å². The Morgan fingerprint density at radius 2 is 1.84 bits per heavy atom. The highest BCUT2D eigenvalue weighted by Gasteiger charge is 2.17. The van der Waals surface area contributed by atoms with Crippen molar-refractivity contribution in [2.24, 2.45) is 5.92 Å². The summed E-state index contributed by atoms with van der Waals surface area (Å²) in [6.07, 6.45) is 2.43. The van der Waals surface area contributed by atoms with Gasteiger partial charge in [0, 0.05) is 6.04 Å². The predicted octanol–water partition coefficient (Wildman–Crippen LogP) is 4.84. The summed E-state index contributed by atoms with van der Waals surface area (Å²) in [5.41, 5.74) is 2.86. The predicted molar refractivity (Wildman–Crippen MR) is 84.6 cm³/mol. The van der Waals surface area contributed by atoms with Gasteiger partial charge in [-0.25, -0.2) is 0 Å². The van der Waals surface area contributed by atoms with Crippen molar-refractivity contribution in [3.05, 3.63) is 47.5 Å². The van der Waals surface area contributed by atoms with Gasteiger partial charge >= 0.3 is 0 Å². The largest absolute Gasteiger partial charge is 0.313 e. The van der Waals surface area contributed by atoms with Crippen molar-refractivity contribution in [3.63, 3.8) is 0 Å². The zero-order valence-corrected chi connectivity index (χ0v) is 12.5. The number of benzene rings is 2. The molecule has 0 aliphatic rings. The average Bonchev–Trinajstić information content (AvgIpc) is 2.45. The summed E-state index contributed by atoms with van der Waals surface area (Å²) in [7, 11) is 2.08. The van der Waals surface area contributed by atoms with Gasteiger partial charge in [0.2, 0.25) is 0 Å². The molecule has 2 aromatic rings. The van der Waals surface area contributed by atoms with Crippen LogP contribution in [-0.2, 0) is 0 Å². The Balaban J connectivity index is 2.49. The summed E-state index contributed by atoms with van der Waals surface area (Å²) in [6, 6.07) is 13.6. The van der Waals surface area contributed by atoms with Crippen molar-refractivity contribution in [1.29, 1.82) is 0 Å². The van der Waals surface area contributed by atoms with Crippen LogP contribution < -0.4 is 5.32 Å². The molecular weight excluding hydrogens is 230 g/mol. The van der Waals surface area contributed by atoms with E-state index in [0.29, 0.717) is 6.04 Å². The van der Waals surface area contributed by atoms with Gasteiger partial charge in [0.1, 0.15) is 0 Å². The number of fused-ring (bicyclic) bond motifs is 1. The fraction of sp³-hybridized carbons (Fsp3) is 0.444. The summed E-state index contributed by atoms with van der Waals surface area (Å²) in [4.78, 5) is 0. The van der Waals surface area contributed by atoms with Crippen LogP contribution in [0.15, 0.2) is 36.4 Å². The first-order chi connectivity index (χ1) is 9.17. The van der Waals surface area contributed by atoms with Gasteiger partial charge in [-0.1, -0.05) is 56.7 Å². The van der Waals surface area contributed by atoms with Crippen molar-refractivity contribution < 1.29 is 0 Å². The lowest BCUT2D eigenvalue weighted by atomic mass is 9.88. The molecule has 2 atom stereocenters. The maximum atomic E-state index is 3.52. The van der Waals surface area contributed by atoms with Crippen LogP contribution in [0.5, 0.6) is 0 Å². The molecule has 2 unspecified atom stereocenters. The van der Waals surface area contributed by atoms with Gasteiger partial charge in [0.15, 0.2) is 0 Å². The molecule has 0 aromatic heterocycles. The molecule has 2 aromatic carbocycles.